The number of fused-ring (bicyclic) bond motifs is 5. The SMILES string of the molecule is c1coc(-c2nc3c4c5c(sc4nc(N4CCCC4)n3n2)CCCC5)c1. The molecule has 1 aliphatic heterocycles. The number of hydrogen-bond acceptors (Lipinski definition) is 6. The Morgan fingerprint density at radius 1 is 1.04 bits per heavy atom. The zero-order chi connectivity index (χ0) is 17.1. The van der Waals surface area contributed by atoms with Crippen LogP contribution >= 0.6 is 11.3 Å². The van der Waals surface area contributed by atoms with Gasteiger partial charge in [-0.15, -0.1) is 16.4 Å². The van der Waals surface area contributed by atoms with Gasteiger partial charge in [-0.25, -0.2) is 9.97 Å². The molecule has 0 N–H and O–H groups in total. The monoisotopic (exact) mass is 365 g/mol. The van der Waals surface area contributed by atoms with Gasteiger partial charge in [-0.05, 0) is 56.2 Å². The Morgan fingerprint density at radius 3 is 2.77 bits per heavy atom. The topological polar surface area (TPSA) is 59.5 Å². The van der Waals surface area contributed by atoms with Crippen LogP contribution in [0.5, 0.6) is 0 Å². The van der Waals surface area contributed by atoms with Crippen LogP contribution in [-0.4, -0.2) is 32.7 Å². The summed E-state index contributed by atoms with van der Waals surface area (Å²) < 4.78 is 7.50. The number of thiophene rings is 1. The van der Waals surface area contributed by atoms with Gasteiger partial charge in [0.15, 0.2) is 11.4 Å². The molecule has 0 radical (unpaired) electrons. The lowest BCUT2D eigenvalue weighted by Gasteiger charge is -2.17. The minimum atomic E-state index is 0.639. The zero-order valence-electron chi connectivity index (χ0n) is 14.4. The van der Waals surface area contributed by atoms with E-state index < -0.39 is 0 Å². The van der Waals surface area contributed by atoms with Crippen LogP contribution in [0.4, 0.5) is 5.95 Å². The fraction of sp³-hybridized carbons (Fsp3) is 0.421. The van der Waals surface area contributed by atoms with Crippen molar-refractivity contribution in [3.63, 3.8) is 0 Å². The summed E-state index contributed by atoms with van der Waals surface area (Å²) >= 11 is 1.85. The van der Waals surface area contributed by atoms with Crippen LogP contribution in [0.2, 0.25) is 0 Å². The first kappa shape index (κ1) is 14.7. The normalized spacial score (nSPS) is 17.5. The quantitative estimate of drug-likeness (QED) is 0.536. The molecule has 7 heteroatoms. The van der Waals surface area contributed by atoms with Crippen LogP contribution in [0, 0.1) is 0 Å². The highest BCUT2D eigenvalue weighted by molar-refractivity contribution is 7.19. The summed E-state index contributed by atoms with van der Waals surface area (Å²) in [4.78, 5) is 14.9. The molecule has 1 aliphatic carbocycles. The minimum Gasteiger partial charge on any atom is -0.461 e. The van der Waals surface area contributed by atoms with Crippen molar-refractivity contribution in [2.75, 3.05) is 18.0 Å². The van der Waals surface area contributed by atoms with E-state index in [0.29, 0.717) is 11.6 Å². The molecule has 4 aromatic rings. The van der Waals surface area contributed by atoms with Crippen molar-refractivity contribution in [1.29, 1.82) is 0 Å². The molecule has 0 spiro atoms. The second-order valence-corrected chi connectivity index (χ2v) is 8.23. The van der Waals surface area contributed by atoms with E-state index in [1.165, 1.54) is 47.9 Å². The molecule has 1 saturated heterocycles. The molecule has 132 valence electrons. The van der Waals surface area contributed by atoms with Crippen molar-refractivity contribution in [3.8, 4) is 11.6 Å². The molecule has 2 aliphatic rings. The van der Waals surface area contributed by atoms with Gasteiger partial charge in [-0.3, -0.25) is 0 Å². The first-order valence-corrected chi connectivity index (χ1v) is 10.2. The number of aryl methyl sites for hydroxylation is 2. The van der Waals surface area contributed by atoms with E-state index in [-0.39, 0.29) is 0 Å². The molecule has 4 aromatic heterocycles. The van der Waals surface area contributed by atoms with Gasteiger partial charge in [0.1, 0.15) is 4.83 Å². The van der Waals surface area contributed by atoms with Gasteiger partial charge in [-0.2, -0.15) is 4.52 Å². The fourth-order valence-electron chi connectivity index (χ4n) is 4.24. The molecule has 26 heavy (non-hydrogen) atoms. The van der Waals surface area contributed by atoms with Crippen molar-refractivity contribution in [3.05, 3.63) is 28.8 Å². The highest BCUT2D eigenvalue weighted by Crippen LogP contribution is 2.39. The van der Waals surface area contributed by atoms with E-state index in [9.17, 15) is 0 Å². The predicted octanol–water partition coefficient (Wildman–Crippen LogP) is 4.08. The summed E-state index contributed by atoms with van der Waals surface area (Å²) in [6, 6.07) is 3.79. The Labute approximate surface area is 154 Å². The molecule has 6 nitrogen and oxygen atoms in total. The van der Waals surface area contributed by atoms with E-state index in [0.717, 1.165) is 35.9 Å². The first-order chi connectivity index (χ1) is 12.9. The van der Waals surface area contributed by atoms with Crippen molar-refractivity contribution in [2.24, 2.45) is 0 Å². The summed E-state index contributed by atoms with van der Waals surface area (Å²) in [6.07, 6.45) is 8.91. The number of nitrogens with zero attached hydrogens (tertiary/aromatic N) is 5. The van der Waals surface area contributed by atoms with Gasteiger partial charge in [0.25, 0.3) is 0 Å². The van der Waals surface area contributed by atoms with Crippen molar-refractivity contribution in [2.45, 2.75) is 38.5 Å². The maximum Gasteiger partial charge on any atom is 0.229 e. The van der Waals surface area contributed by atoms with E-state index in [1.807, 2.05) is 28.0 Å². The smallest absolute Gasteiger partial charge is 0.229 e. The number of aromatic nitrogens is 4. The van der Waals surface area contributed by atoms with Gasteiger partial charge in [0.2, 0.25) is 11.8 Å². The standard InChI is InChI=1S/C19H19N5OS/c1-2-8-14-12(6-1)15-17-20-16(13-7-5-11-25-13)22-24(17)19(21-18(15)26-14)23-9-3-4-10-23/h5,7,11H,1-4,6,8-10H2. The van der Waals surface area contributed by atoms with E-state index in [4.69, 9.17) is 19.5 Å². The molecule has 0 bridgehead atoms. The molecular weight excluding hydrogens is 346 g/mol. The predicted molar refractivity (Wildman–Crippen MR) is 102 cm³/mol. The molecule has 0 atom stereocenters. The molecule has 0 saturated carbocycles. The Morgan fingerprint density at radius 2 is 1.92 bits per heavy atom. The molecule has 0 aromatic carbocycles. The van der Waals surface area contributed by atoms with Crippen LogP contribution in [0.3, 0.4) is 0 Å². The third kappa shape index (κ3) is 2.06. The number of anilines is 1. The van der Waals surface area contributed by atoms with Crippen molar-refractivity contribution < 1.29 is 4.42 Å². The molecule has 0 amide bonds. The minimum absolute atomic E-state index is 0.639. The average molecular weight is 365 g/mol. The molecular formula is C19H19N5OS. The molecule has 1 fully saturated rings. The lowest BCUT2D eigenvalue weighted by Crippen LogP contribution is -2.22. The highest BCUT2D eigenvalue weighted by atomic mass is 32.1. The van der Waals surface area contributed by atoms with Gasteiger partial charge in [0.05, 0.1) is 11.6 Å². The molecule has 6 rings (SSSR count). The van der Waals surface area contributed by atoms with Crippen molar-refractivity contribution >= 4 is 33.1 Å². The van der Waals surface area contributed by atoms with Crippen LogP contribution < -0.4 is 4.90 Å². The fourth-order valence-corrected chi connectivity index (χ4v) is 5.50. The van der Waals surface area contributed by atoms with E-state index >= 15 is 0 Å². The average Bonchev–Trinajstić information content (AvgIpc) is 3.46. The third-order valence-electron chi connectivity index (χ3n) is 5.50. The summed E-state index contributed by atoms with van der Waals surface area (Å²) in [6.45, 7) is 2.07. The van der Waals surface area contributed by atoms with Gasteiger partial charge < -0.3 is 9.32 Å². The Balaban J connectivity index is 1.68. The van der Waals surface area contributed by atoms with Crippen molar-refractivity contribution in [1.82, 2.24) is 19.6 Å². The maximum atomic E-state index is 5.55. The van der Waals surface area contributed by atoms with Gasteiger partial charge >= 0.3 is 0 Å². The molecule has 0 unspecified atom stereocenters. The second kappa shape index (κ2) is 5.54. The maximum absolute atomic E-state index is 5.55. The Hall–Kier alpha value is -2.41. The largest absolute Gasteiger partial charge is 0.461 e. The van der Waals surface area contributed by atoms with Gasteiger partial charge in [-0.1, -0.05) is 0 Å². The lowest BCUT2D eigenvalue weighted by atomic mass is 9.97. The first-order valence-electron chi connectivity index (χ1n) is 9.38. The summed E-state index contributed by atoms with van der Waals surface area (Å²) in [5.41, 5.74) is 2.38. The third-order valence-corrected chi connectivity index (χ3v) is 6.69. The summed E-state index contributed by atoms with van der Waals surface area (Å²) in [7, 11) is 0. The zero-order valence-corrected chi connectivity index (χ0v) is 15.3. The van der Waals surface area contributed by atoms with Crippen LogP contribution in [0.1, 0.15) is 36.1 Å². The van der Waals surface area contributed by atoms with Gasteiger partial charge in [0, 0.05) is 18.0 Å². The number of hydrogen-bond donors (Lipinski definition) is 0. The number of rotatable bonds is 2. The van der Waals surface area contributed by atoms with Crippen LogP contribution in [-0.2, 0) is 12.8 Å². The lowest BCUT2D eigenvalue weighted by molar-refractivity contribution is 0.577. The Kier molecular flexibility index (Phi) is 3.14. The van der Waals surface area contributed by atoms with E-state index in [1.54, 1.807) is 6.26 Å². The Bertz CT molecular complexity index is 1100. The van der Waals surface area contributed by atoms with Crippen LogP contribution in [0.15, 0.2) is 22.8 Å². The molecule has 5 heterocycles. The second-order valence-electron chi connectivity index (χ2n) is 7.15. The summed E-state index contributed by atoms with van der Waals surface area (Å²) in [5, 5.41) is 6.00. The highest BCUT2D eigenvalue weighted by Gasteiger charge is 2.26. The van der Waals surface area contributed by atoms with Crippen LogP contribution in [0.25, 0.3) is 27.4 Å². The summed E-state index contributed by atoms with van der Waals surface area (Å²) in [5.74, 6) is 2.27. The number of furan rings is 1. The van der Waals surface area contributed by atoms with E-state index in [2.05, 4.69) is 4.90 Å².